The van der Waals surface area contributed by atoms with Gasteiger partial charge in [-0.25, -0.2) is 0 Å². The third-order valence-electron chi connectivity index (χ3n) is 10.2. The molecule has 0 aromatic carbocycles. The Morgan fingerprint density at radius 2 is 1.89 bits per heavy atom. The van der Waals surface area contributed by atoms with Crippen molar-refractivity contribution in [3.63, 3.8) is 0 Å². The van der Waals surface area contributed by atoms with Crippen LogP contribution in [0.1, 0.15) is 78.1 Å². The molecule has 0 bridgehead atoms. The van der Waals surface area contributed by atoms with Crippen molar-refractivity contribution in [2.45, 2.75) is 96.2 Å². The highest BCUT2D eigenvalue weighted by Gasteiger charge is 2.63. The maximum absolute atomic E-state index is 12.4. The molecular formula is C25H40N2O. The zero-order valence-electron chi connectivity index (χ0n) is 18.3. The predicted octanol–water partition coefficient (Wildman–Crippen LogP) is 4.77. The standard InChI is InChI=1S/C25H40N2O/c1-5-6-16-15-20-18-9-10-21-24(2,14-12-22(28)27(21)4)19(18)11-13-25(20,3)23(16)26-17-7-8-17/h5,16-21,23,26H,1,6-15H2,2-4H3/t16?,18-,19-,20+,21?,23?,24-,25+/m1/s1. The van der Waals surface area contributed by atoms with Gasteiger partial charge >= 0.3 is 0 Å². The van der Waals surface area contributed by atoms with Crippen molar-refractivity contribution in [2.24, 2.45) is 34.5 Å². The molecule has 3 nitrogen and oxygen atoms in total. The Balaban J connectivity index is 1.43. The number of allylic oxidation sites excluding steroid dienone is 1. The van der Waals surface area contributed by atoms with Crippen LogP contribution in [-0.4, -0.2) is 36.0 Å². The molecule has 1 N–H and O–H groups in total. The van der Waals surface area contributed by atoms with Crippen LogP contribution >= 0.6 is 0 Å². The van der Waals surface area contributed by atoms with Crippen molar-refractivity contribution < 1.29 is 4.79 Å². The molecule has 5 aliphatic rings. The second-order valence-electron chi connectivity index (χ2n) is 11.5. The minimum atomic E-state index is 0.336. The normalized spacial score (nSPS) is 50.7. The molecule has 156 valence electrons. The molecular weight excluding hydrogens is 344 g/mol. The summed E-state index contributed by atoms with van der Waals surface area (Å²) < 4.78 is 0. The van der Waals surface area contributed by atoms with Crippen molar-refractivity contribution in [3.8, 4) is 0 Å². The van der Waals surface area contributed by atoms with Crippen molar-refractivity contribution in [2.75, 3.05) is 7.05 Å². The van der Waals surface area contributed by atoms with Gasteiger partial charge in [0.05, 0.1) is 0 Å². The molecule has 0 radical (unpaired) electrons. The lowest BCUT2D eigenvalue weighted by atomic mass is 9.47. The molecule has 5 fully saturated rings. The molecule has 28 heavy (non-hydrogen) atoms. The number of amides is 1. The Labute approximate surface area is 171 Å². The van der Waals surface area contributed by atoms with Crippen LogP contribution < -0.4 is 5.32 Å². The first-order valence-electron chi connectivity index (χ1n) is 12.0. The van der Waals surface area contributed by atoms with Crippen LogP contribution in [0, 0.1) is 34.5 Å². The third kappa shape index (κ3) is 2.67. The van der Waals surface area contributed by atoms with Crippen LogP contribution in [0.3, 0.4) is 0 Å². The van der Waals surface area contributed by atoms with E-state index in [0.29, 0.717) is 28.8 Å². The van der Waals surface area contributed by atoms with Crippen molar-refractivity contribution in [1.29, 1.82) is 0 Å². The van der Waals surface area contributed by atoms with Gasteiger partial charge in [-0.3, -0.25) is 4.79 Å². The Morgan fingerprint density at radius 1 is 1.11 bits per heavy atom. The smallest absolute Gasteiger partial charge is 0.222 e. The van der Waals surface area contributed by atoms with E-state index in [1.165, 1.54) is 51.4 Å². The van der Waals surface area contributed by atoms with Gasteiger partial charge in [0, 0.05) is 31.6 Å². The van der Waals surface area contributed by atoms with E-state index in [-0.39, 0.29) is 0 Å². The first-order chi connectivity index (χ1) is 13.4. The number of carbonyl (C=O) groups is 1. The fourth-order valence-electron chi connectivity index (χ4n) is 8.61. The number of nitrogens with one attached hydrogen (secondary N) is 1. The molecule has 4 saturated carbocycles. The quantitative estimate of drug-likeness (QED) is 0.708. The summed E-state index contributed by atoms with van der Waals surface area (Å²) in [5.74, 6) is 3.67. The van der Waals surface area contributed by atoms with E-state index in [4.69, 9.17) is 0 Å². The van der Waals surface area contributed by atoms with Gasteiger partial charge in [0.15, 0.2) is 0 Å². The number of hydrogen-bond acceptors (Lipinski definition) is 2. The monoisotopic (exact) mass is 384 g/mol. The van der Waals surface area contributed by atoms with Crippen LogP contribution in [0.15, 0.2) is 12.7 Å². The number of rotatable bonds is 4. The minimum absolute atomic E-state index is 0.336. The molecule has 1 aliphatic heterocycles. The van der Waals surface area contributed by atoms with Crippen LogP contribution in [-0.2, 0) is 4.79 Å². The Bertz CT molecular complexity index is 657. The molecule has 4 aliphatic carbocycles. The van der Waals surface area contributed by atoms with Crippen LogP contribution in [0.4, 0.5) is 0 Å². The van der Waals surface area contributed by atoms with Gasteiger partial charge in [0.2, 0.25) is 5.91 Å². The zero-order valence-corrected chi connectivity index (χ0v) is 18.3. The Hall–Kier alpha value is -0.830. The van der Waals surface area contributed by atoms with Crippen molar-refractivity contribution in [3.05, 3.63) is 12.7 Å². The summed E-state index contributed by atoms with van der Waals surface area (Å²) in [5.41, 5.74) is 0.792. The van der Waals surface area contributed by atoms with Crippen molar-refractivity contribution in [1.82, 2.24) is 10.2 Å². The second kappa shape index (κ2) is 6.59. The van der Waals surface area contributed by atoms with Gasteiger partial charge in [0.1, 0.15) is 0 Å². The highest BCUT2D eigenvalue weighted by atomic mass is 16.2. The number of nitrogens with zero attached hydrogens (tertiary/aromatic N) is 1. The van der Waals surface area contributed by atoms with E-state index >= 15 is 0 Å². The van der Waals surface area contributed by atoms with E-state index in [2.05, 4.69) is 43.8 Å². The second-order valence-corrected chi connectivity index (χ2v) is 11.5. The van der Waals surface area contributed by atoms with Gasteiger partial charge in [0.25, 0.3) is 0 Å². The minimum Gasteiger partial charge on any atom is -0.342 e. The van der Waals surface area contributed by atoms with Crippen LogP contribution in [0.25, 0.3) is 0 Å². The molecule has 8 atom stereocenters. The summed E-state index contributed by atoms with van der Waals surface area (Å²) in [5, 5.41) is 4.10. The van der Waals surface area contributed by atoms with E-state index < -0.39 is 0 Å². The van der Waals surface area contributed by atoms with E-state index in [9.17, 15) is 4.79 Å². The van der Waals surface area contributed by atoms with Crippen LogP contribution in [0.2, 0.25) is 0 Å². The molecule has 5 rings (SSSR count). The highest BCUT2D eigenvalue weighted by Crippen LogP contribution is 2.66. The van der Waals surface area contributed by atoms with E-state index in [1.54, 1.807) is 0 Å². The maximum Gasteiger partial charge on any atom is 0.222 e. The average Bonchev–Trinajstić information content (AvgIpc) is 3.44. The highest BCUT2D eigenvalue weighted by molar-refractivity contribution is 5.77. The molecule has 0 aromatic heterocycles. The summed E-state index contributed by atoms with van der Waals surface area (Å²) in [4.78, 5) is 14.5. The Morgan fingerprint density at radius 3 is 2.61 bits per heavy atom. The molecule has 0 aromatic rings. The maximum atomic E-state index is 12.4. The lowest BCUT2D eigenvalue weighted by Gasteiger charge is -2.61. The van der Waals surface area contributed by atoms with Gasteiger partial charge in [-0.1, -0.05) is 19.9 Å². The van der Waals surface area contributed by atoms with Gasteiger partial charge < -0.3 is 10.2 Å². The zero-order chi connectivity index (χ0) is 19.7. The van der Waals surface area contributed by atoms with E-state index in [1.807, 2.05) is 0 Å². The largest absolute Gasteiger partial charge is 0.342 e. The average molecular weight is 385 g/mol. The van der Waals surface area contributed by atoms with Gasteiger partial charge in [-0.15, -0.1) is 6.58 Å². The first-order valence-corrected chi connectivity index (χ1v) is 12.0. The lowest BCUT2D eigenvalue weighted by Crippen LogP contribution is -2.62. The molecule has 1 amide bonds. The van der Waals surface area contributed by atoms with Crippen LogP contribution in [0.5, 0.6) is 0 Å². The lowest BCUT2D eigenvalue weighted by molar-refractivity contribution is -0.157. The molecule has 0 spiro atoms. The first kappa shape index (κ1) is 19.2. The number of carbonyl (C=O) groups excluding carboxylic acids is 1. The molecule has 1 heterocycles. The number of piperidine rings is 1. The summed E-state index contributed by atoms with van der Waals surface area (Å²) in [6.07, 6.45) is 14.7. The molecule has 3 unspecified atom stereocenters. The fourth-order valence-corrected chi connectivity index (χ4v) is 8.61. The molecule has 1 saturated heterocycles. The van der Waals surface area contributed by atoms with E-state index in [0.717, 1.165) is 42.6 Å². The van der Waals surface area contributed by atoms with Crippen molar-refractivity contribution >= 4 is 5.91 Å². The summed E-state index contributed by atoms with van der Waals surface area (Å²) in [6.45, 7) is 9.25. The molecule has 3 heteroatoms. The summed E-state index contributed by atoms with van der Waals surface area (Å²) in [6, 6.07) is 1.95. The predicted molar refractivity (Wildman–Crippen MR) is 114 cm³/mol. The van der Waals surface area contributed by atoms with Gasteiger partial charge in [-0.05, 0) is 92.3 Å². The Kier molecular flexibility index (Phi) is 4.51. The number of fused-ring (bicyclic) bond motifs is 5. The number of likely N-dealkylation sites (tertiary alicyclic amines) is 1. The SMILES string of the molecule is C=CCC1C[C@H]2[C@@H]3CCC4N(C)C(=O)CC[C@]4(C)[C@@H]3CC[C@]2(C)C1NC1CC1. The summed E-state index contributed by atoms with van der Waals surface area (Å²) in [7, 11) is 2.07. The third-order valence-corrected chi connectivity index (χ3v) is 10.2. The topological polar surface area (TPSA) is 32.3 Å². The van der Waals surface area contributed by atoms with Gasteiger partial charge in [-0.2, -0.15) is 0 Å². The number of hydrogen-bond donors (Lipinski definition) is 1. The fraction of sp³-hybridized carbons (Fsp3) is 0.880. The summed E-state index contributed by atoms with van der Waals surface area (Å²) >= 11 is 0.